The van der Waals surface area contributed by atoms with Crippen LogP contribution in [0.15, 0.2) is 24.8 Å². The Hall–Kier alpha value is -2.31. The first-order chi connectivity index (χ1) is 10.1. The molecule has 2 N–H and O–H groups in total. The van der Waals surface area contributed by atoms with Crippen molar-refractivity contribution < 1.29 is 4.79 Å². The molecule has 7 heteroatoms. The fourth-order valence-electron chi connectivity index (χ4n) is 2.09. The lowest BCUT2D eigenvalue weighted by Gasteiger charge is -2.13. The molecule has 2 amide bonds. The lowest BCUT2D eigenvalue weighted by atomic mass is 10.2. The molecule has 7 nitrogen and oxygen atoms in total. The molecule has 0 saturated carbocycles. The monoisotopic (exact) mass is 290 g/mol. The van der Waals surface area contributed by atoms with E-state index in [1.54, 1.807) is 17.1 Å². The van der Waals surface area contributed by atoms with Gasteiger partial charge in [-0.15, -0.1) is 0 Å². The van der Waals surface area contributed by atoms with Crippen molar-refractivity contribution in [2.75, 3.05) is 6.54 Å². The van der Waals surface area contributed by atoms with Crippen LogP contribution in [0.5, 0.6) is 0 Å². The number of carbonyl (C=O) groups excluding carboxylic acids is 1. The number of aryl methyl sites for hydroxylation is 3. The van der Waals surface area contributed by atoms with E-state index in [1.807, 2.05) is 33.3 Å². The molecule has 2 aromatic rings. The van der Waals surface area contributed by atoms with Crippen molar-refractivity contribution in [3.05, 3.63) is 36.2 Å². The van der Waals surface area contributed by atoms with Crippen LogP contribution < -0.4 is 10.6 Å². The van der Waals surface area contributed by atoms with E-state index in [0.717, 1.165) is 24.4 Å². The van der Waals surface area contributed by atoms with Crippen LogP contribution in [0.1, 0.15) is 30.8 Å². The molecule has 114 valence electrons. The van der Waals surface area contributed by atoms with Crippen LogP contribution in [-0.4, -0.2) is 31.9 Å². The first kappa shape index (κ1) is 15.1. The summed E-state index contributed by atoms with van der Waals surface area (Å²) in [5.74, 6) is 0.990. The summed E-state index contributed by atoms with van der Waals surface area (Å²) in [7, 11) is 1.86. The molecule has 0 fully saturated rings. The van der Waals surface area contributed by atoms with Gasteiger partial charge in [0.1, 0.15) is 5.82 Å². The lowest BCUT2D eigenvalue weighted by molar-refractivity contribution is 0.237. The Morgan fingerprint density at radius 3 is 2.90 bits per heavy atom. The largest absolute Gasteiger partial charge is 0.338 e. The Morgan fingerprint density at radius 2 is 2.29 bits per heavy atom. The standard InChI is InChI=1S/C14H22N6O/c1-11(13-9-17-19(3)10-13)18-14(21)16-5-4-7-20-8-6-15-12(20)2/h6,8-11H,4-5,7H2,1-3H3,(H2,16,18,21). The summed E-state index contributed by atoms with van der Waals surface area (Å²) < 4.78 is 3.79. The summed E-state index contributed by atoms with van der Waals surface area (Å²) in [6, 6.07) is -0.219. The molecule has 0 spiro atoms. The van der Waals surface area contributed by atoms with Gasteiger partial charge in [-0.1, -0.05) is 0 Å². The first-order valence-electron chi connectivity index (χ1n) is 7.07. The minimum Gasteiger partial charge on any atom is -0.338 e. The van der Waals surface area contributed by atoms with Gasteiger partial charge in [-0.05, 0) is 20.3 Å². The minimum atomic E-state index is -0.159. The Balaban J connectivity index is 1.67. The van der Waals surface area contributed by atoms with E-state index >= 15 is 0 Å². The Morgan fingerprint density at radius 1 is 1.48 bits per heavy atom. The summed E-state index contributed by atoms with van der Waals surface area (Å²) in [4.78, 5) is 16.0. The molecule has 0 aliphatic heterocycles. The summed E-state index contributed by atoms with van der Waals surface area (Å²) >= 11 is 0. The second-order valence-electron chi connectivity index (χ2n) is 5.09. The number of hydrogen-bond acceptors (Lipinski definition) is 3. The van der Waals surface area contributed by atoms with E-state index in [0.29, 0.717) is 6.54 Å². The van der Waals surface area contributed by atoms with E-state index in [1.165, 1.54) is 0 Å². The quantitative estimate of drug-likeness (QED) is 0.789. The summed E-state index contributed by atoms with van der Waals surface area (Å²) in [5.41, 5.74) is 0.988. The molecule has 1 atom stereocenters. The second kappa shape index (κ2) is 6.92. The van der Waals surface area contributed by atoms with E-state index in [-0.39, 0.29) is 12.1 Å². The van der Waals surface area contributed by atoms with E-state index in [9.17, 15) is 4.79 Å². The number of rotatable bonds is 6. The van der Waals surface area contributed by atoms with Gasteiger partial charge < -0.3 is 15.2 Å². The summed E-state index contributed by atoms with van der Waals surface area (Å²) in [6.45, 7) is 5.38. The molecular formula is C14H22N6O. The SMILES string of the molecule is Cc1nccn1CCCNC(=O)NC(C)c1cnn(C)c1. The average molecular weight is 290 g/mol. The van der Waals surface area contributed by atoms with E-state index in [2.05, 4.69) is 25.3 Å². The van der Waals surface area contributed by atoms with E-state index in [4.69, 9.17) is 0 Å². The van der Waals surface area contributed by atoms with Gasteiger partial charge in [0.25, 0.3) is 0 Å². The highest BCUT2D eigenvalue weighted by molar-refractivity contribution is 5.74. The zero-order chi connectivity index (χ0) is 15.2. The zero-order valence-electron chi connectivity index (χ0n) is 12.7. The highest BCUT2D eigenvalue weighted by Crippen LogP contribution is 2.09. The third-order valence-corrected chi connectivity index (χ3v) is 3.36. The molecule has 0 aliphatic rings. The van der Waals surface area contributed by atoms with Crippen LogP contribution in [0, 0.1) is 6.92 Å². The molecule has 0 aliphatic carbocycles. The molecular weight excluding hydrogens is 268 g/mol. The van der Waals surface area contributed by atoms with Crippen LogP contribution in [0.4, 0.5) is 4.79 Å². The summed E-state index contributed by atoms with van der Waals surface area (Å²) in [5, 5.41) is 9.85. The second-order valence-corrected chi connectivity index (χ2v) is 5.09. The van der Waals surface area contributed by atoms with Crippen molar-refractivity contribution in [1.29, 1.82) is 0 Å². The van der Waals surface area contributed by atoms with Gasteiger partial charge in [0.15, 0.2) is 0 Å². The van der Waals surface area contributed by atoms with Gasteiger partial charge >= 0.3 is 6.03 Å². The maximum absolute atomic E-state index is 11.8. The molecule has 0 bridgehead atoms. The third-order valence-electron chi connectivity index (χ3n) is 3.36. The number of carbonyl (C=O) groups is 1. The van der Waals surface area contributed by atoms with Gasteiger partial charge in [0, 0.05) is 44.3 Å². The molecule has 21 heavy (non-hydrogen) atoms. The van der Waals surface area contributed by atoms with Gasteiger partial charge in [0.05, 0.1) is 12.2 Å². The van der Waals surface area contributed by atoms with Crippen LogP contribution in [0.2, 0.25) is 0 Å². The normalized spacial score (nSPS) is 12.1. The van der Waals surface area contributed by atoms with Gasteiger partial charge in [0.2, 0.25) is 0 Å². The van der Waals surface area contributed by atoms with E-state index < -0.39 is 0 Å². The van der Waals surface area contributed by atoms with Crippen molar-refractivity contribution in [2.24, 2.45) is 7.05 Å². The molecule has 0 radical (unpaired) electrons. The van der Waals surface area contributed by atoms with Gasteiger partial charge in [-0.3, -0.25) is 4.68 Å². The molecule has 2 heterocycles. The van der Waals surface area contributed by atoms with Crippen LogP contribution in [0.25, 0.3) is 0 Å². The number of amides is 2. The lowest BCUT2D eigenvalue weighted by Crippen LogP contribution is -2.37. The van der Waals surface area contributed by atoms with Gasteiger partial charge in [-0.2, -0.15) is 5.10 Å². The maximum Gasteiger partial charge on any atom is 0.315 e. The van der Waals surface area contributed by atoms with Crippen molar-refractivity contribution in [1.82, 2.24) is 30.0 Å². The smallest absolute Gasteiger partial charge is 0.315 e. The Kier molecular flexibility index (Phi) is 4.97. The number of aromatic nitrogens is 4. The Labute approximate surface area is 124 Å². The molecule has 0 aromatic carbocycles. The van der Waals surface area contributed by atoms with Crippen LogP contribution in [-0.2, 0) is 13.6 Å². The summed E-state index contributed by atoms with van der Waals surface area (Å²) in [6.07, 6.45) is 8.25. The fraction of sp³-hybridized carbons (Fsp3) is 0.500. The maximum atomic E-state index is 11.8. The highest BCUT2D eigenvalue weighted by atomic mass is 16.2. The highest BCUT2D eigenvalue weighted by Gasteiger charge is 2.10. The predicted octanol–water partition coefficient (Wildman–Crippen LogP) is 1.38. The number of urea groups is 1. The number of hydrogen-bond donors (Lipinski definition) is 2. The molecule has 2 aromatic heterocycles. The van der Waals surface area contributed by atoms with Gasteiger partial charge in [-0.25, -0.2) is 9.78 Å². The minimum absolute atomic E-state index is 0.0606. The third kappa shape index (κ3) is 4.34. The predicted molar refractivity (Wildman–Crippen MR) is 79.7 cm³/mol. The van der Waals surface area contributed by atoms with Crippen LogP contribution >= 0.6 is 0 Å². The topological polar surface area (TPSA) is 76.8 Å². The first-order valence-corrected chi connectivity index (χ1v) is 7.07. The van der Waals surface area contributed by atoms with Crippen molar-refractivity contribution in [3.63, 3.8) is 0 Å². The zero-order valence-corrected chi connectivity index (χ0v) is 12.7. The molecule has 1 unspecified atom stereocenters. The number of nitrogens with zero attached hydrogens (tertiary/aromatic N) is 4. The molecule has 2 rings (SSSR count). The number of nitrogens with one attached hydrogen (secondary N) is 2. The van der Waals surface area contributed by atoms with Crippen molar-refractivity contribution >= 4 is 6.03 Å². The molecule has 0 saturated heterocycles. The Bertz CT molecular complexity index is 588. The van der Waals surface area contributed by atoms with Crippen LogP contribution in [0.3, 0.4) is 0 Å². The average Bonchev–Trinajstić information content (AvgIpc) is 3.04. The number of imidazole rings is 1. The van der Waals surface area contributed by atoms with Crippen molar-refractivity contribution in [3.8, 4) is 0 Å². The van der Waals surface area contributed by atoms with Crippen molar-refractivity contribution in [2.45, 2.75) is 32.9 Å². The fourth-order valence-corrected chi connectivity index (χ4v) is 2.09.